The van der Waals surface area contributed by atoms with E-state index in [9.17, 15) is 0 Å². The number of hydrogen-bond donors (Lipinski definition) is 4. The van der Waals surface area contributed by atoms with Gasteiger partial charge < -0.3 is 21.3 Å². The van der Waals surface area contributed by atoms with Crippen LogP contribution in [0.4, 0.5) is 0 Å². The monoisotopic (exact) mass is 148 g/mol. The highest BCUT2D eigenvalue weighted by molar-refractivity contribution is 4.64. The van der Waals surface area contributed by atoms with Crippen LogP contribution < -0.4 is 11.1 Å². The molecule has 4 heteroatoms. The molecule has 0 spiro atoms. The van der Waals surface area contributed by atoms with Gasteiger partial charge in [0.2, 0.25) is 0 Å². The van der Waals surface area contributed by atoms with E-state index in [4.69, 9.17) is 15.9 Å². The summed E-state index contributed by atoms with van der Waals surface area (Å²) in [5, 5.41) is 20.0. The summed E-state index contributed by atoms with van der Waals surface area (Å²) in [5.41, 5.74) is 5.26. The predicted molar refractivity (Wildman–Crippen MR) is 39.6 cm³/mol. The molecule has 0 saturated heterocycles. The van der Waals surface area contributed by atoms with E-state index in [1.54, 1.807) is 0 Å². The van der Waals surface area contributed by atoms with Gasteiger partial charge in [0, 0.05) is 12.6 Å². The van der Waals surface area contributed by atoms with Gasteiger partial charge in [0.05, 0.1) is 13.2 Å². The zero-order valence-electron chi connectivity index (χ0n) is 6.08. The Bertz CT molecular complexity index is 70.8. The minimum Gasteiger partial charge on any atom is -0.395 e. The Morgan fingerprint density at radius 1 is 1.40 bits per heavy atom. The molecule has 10 heavy (non-hydrogen) atoms. The van der Waals surface area contributed by atoms with Crippen LogP contribution in [0, 0.1) is 0 Å². The van der Waals surface area contributed by atoms with Crippen molar-refractivity contribution >= 4 is 0 Å². The summed E-state index contributed by atoms with van der Waals surface area (Å²) in [6.07, 6.45) is 0.747. The SMILES string of the molecule is NCCC(CO)NCCO. The molecule has 0 saturated carbocycles. The van der Waals surface area contributed by atoms with Crippen LogP contribution in [0.3, 0.4) is 0 Å². The molecule has 0 rings (SSSR count). The molecule has 0 aliphatic carbocycles. The van der Waals surface area contributed by atoms with Crippen molar-refractivity contribution < 1.29 is 10.2 Å². The van der Waals surface area contributed by atoms with Gasteiger partial charge in [-0.1, -0.05) is 0 Å². The van der Waals surface area contributed by atoms with Crippen molar-refractivity contribution in [2.45, 2.75) is 12.5 Å². The van der Waals surface area contributed by atoms with E-state index in [1.165, 1.54) is 0 Å². The minimum absolute atomic E-state index is 0.0390. The lowest BCUT2D eigenvalue weighted by molar-refractivity contribution is 0.221. The van der Waals surface area contributed by atoms with Gasteiger partial charge >= 0.3 is 0 Å². The van der Waals surface area contributed by atoms with Gasteiger partial charge in [-0.25, -0.2) is 0 Å². The first-order valence-electron chi connectivity index (χ1n) is 3.50. The molecule has 0 aliphatic heterocycles. The molecule has 0 aromatic heterocycles. The number of hydrogen-bond acceptors (Lipinski definition) is 4. The fourth-order valence-corrected chi connectivity index (χ4v) is 0.728. The van der Waals surface area contributed by atoms with E-state index >= 15 is 0 Å². The Morgan fingerprint density at radius 2 is 2.10 bits per heavy atom. The van der Waals surface area contributed by atoms with Gasteiger partial charge in [-0.15, -0.1) is 0 Å². The Labute approximate surface area is 61.0 Å². The third kappa shape index (κ3) is 4.69. The van der Waals surface area contributed by atoms with E-state index in [0.29, 0.717) is 13.1 Å². The van der Waals surface area contributed by atoms with Crippen LogP contribution in [-0.4, -0.2) is 42.6 Å². The van der Waals surface area contributed by atoms with Crippen LogP contribution in [-0.2, 0) is 0 Å². The van der Waals surface area contributed by atoms with E-state index < -0.39 is 0 Å². The Balaban J connectivity index is 3.21. The Morgan fingerprint density at radius 3 is 2.50 bits per heavy atom. The van der Waals surface area contributed by atoms with Crippen LogP contribution in [0.15, 0.2) is 0 Å². The Kier molecular flexibility index (Phi) is 6.84. The molecule has 1 unspecified atom stereocenters. The van der Waals surface area contributed by atoms with E-state index in [-0.39, 0.29) is 19.3 Å². The number of nitrogens with one attached hydrogen (secondary N) is 1. The van der Waals surface area contributed by atoms with Gasteiger partial charge in [0.1, 0.15) is 0 Å². The van der Waals surface area contributed by atoms with Gasteiger partial charge in [-0.2, -0.15) is 0 Å². The maximum Gasteiger partial charge on any atom is 0.0585 e. The summed E-state index contributed by atoms with van der Waals surface area (Å²) < 4.78 is 0. The molecule has 0 aromatic carbocycles. The summed E-state index contributed by atoms with van der Waals surface area (Å²) in [5.74, 6) is 0. The van der Waals surface area contributed by atoms with Crippen molar-refractivity contribution in [3.8, 4) is 0 Å². The van der Waals surface area contributed by atoms with Crippen LogP contribution >= 0.6 is 0 Å². The van der Waals surface area contributed by atoms with Crippen molar-refractivity contribution in [2.75, 3.05) is 26.3 Å². The van der Waals surface area contributed by atoms with Crippen molar-refractivity contribution in [2.24, 2.45) is 5.73 Å². The molecule has 1 atom stereocenters. The zero-order chi connectivity index (χ0) is 7.82. The molecule has 0 bridgehead atoms. The van der Waals surface area contributed by atoms with Crippen LogP contribution in [0.5, 0.6) is 0 Å². The Hall–Kier alpha value is -0.160. The average Bonchev–Trinajstić information content (AvgIpc) is 1.98. The number of rotatable bonds is 6. The first-order valence-corrected chi connectivity index (χ1v) is 3.50. The summed E-state index contributed by atoms with van der Waals surface area (Å²) in [7, 11) is 0. The van der Waals surface area contributed by atoms with Crippen molar-refractivity contribution in [1.82, 2.24) is 5.32 Å². The normalized spacial score (nSPS) is 13.5. The van der Waals surface area contributed by atoms with Crippen LogP contribution in [0.1, 0.15) is 6.42 Å². The quantitative estimate of drug-likeness (QED) is 0.361. The second kappa shape index (κ2) is 6.95. The summed E-state index contributed by atoms with van der Waals surface area (Å²) >= 11 is 0. The highest BCUT2D eigenvalue weighted by atomic mass is 16.3. The van der Waals surface area contributed by atoms with Crippen LogP contribution in [0.2, 0.25) is 0 Å². The molecule has 4 nitrogen and oxygen atoms in total. The summed E-state index contributed by atoms with van der Waals surface area (Å²) in [6.45, 7) is 1.26. The molecule has 0 radical (unpaired) electrons. The third-order valence-corrected chi connectivity index (χ3v) is 1.28. The number of aliphatic hydroxyl groups excluding tert-OH is 2. The predicted octanol–water partition coefficient (Wildman–Crippen LogP) is -1.72. The highest BCUT2D eigenvalue weighted by Crippen LogP contribution is 1.86. The van der Waals surface area contributed by atoms with E-state index in [2.05, 4.69) is 5.32 Å². The van der Waals surface area contributed by atoms with E-state index in [1.807, 2.05) is 0 Å². The van der Waals surface area contributed by atoms with Gasteiger partial charge in [0.15, 0.2) is 0 Å². The molecule has 0 aromatic rings. The van der Waals surface area contributed by atoms with Gasteiger partial charge in [-0.05, 0) is 13.0 Å². The average molecular weight is 148 g/mol. The highest BCUT2D eigenvalue weighted by Gasteiger charge is 2.02. The first-order chi connectivity index (χ1) is 4.85. The van der Waals surface area contributed by atoms with Gasteiger partial charge in [0.25, 0.3) is 0 Å². The molecular formula is C6H16N2O2. The van der Waals surface area contributed by atoms with Crippen molar-refractivity contribution in [3.05, 3.63) is 0 Å². The summed E-state index contributed by atoms with van der Waals surface area (Å²) in [4.78, 5) is 0. The lowest BCUT2D eigenvalue weighted by Gasteiger charge is -2.13. The fourth-order valence-electron chi connectivity index (χ4n) is 0.728. The fraction of sp³-hybridized carbons (Fsp3) is 1.00. The topological polar surface area (TPSA) is 78.5 Å². The molecule has 0 amide bonds. The number of nitrogens with two attached hydrogens (primary N) is 1. The number of aliphatic hydroxyl groups is 2. The molecule has 0 fully saturated rings. The van der Waals surface area contributed by atoms with E-state index in [0.717, 1.165) is 6.42 Å². The van der Waals surface area contributed by atoms with Crippen LogP contribution in [0.25, 0.3) is 0 Å². The van der Waals surface area contributed by atoms with Crippen molar-refractivity contribution in [1.29, 1.82) is 0 Å². The molecular weight excluding hydrogens is 132 g/mol. The second-order valence-electron chi connectivity index (χ2n) is 2.13. The summed E-state index contributed by atoms with van der Waals surface area (Å²) in [6, 6.07) is 0.0390. The minimum atomic E-state index is 0.0390. The third-order valence-electron chi connectivity index (χ3n) is 1.28. The maximum absolute atomic E-state index is 8.68. The molecule has 0 aliphatic rings. The lowest BCUT2D eigenvalue weighted by atomic mass is 10.2. The molecule has 62 valence electrons. The van der Waals surface area contributed by atoms with Crippen molar-refractivity contribution in [3.63, 3.8) is 0 Å². The smallest absolute Gasteiger partial charge is 0.0585 e. The maximum atomic E-state index is 8.68. The molecule has 0 heterocycles. The standard InChI is InChI=1S/C6H16N2O2/c7-2-1-6(5-10)8-3-4-9/h6,8-10H,1-5,7H2. The molecule has 5 N–H and O–H groups in total. The lowest BCUT2D eigenvalue weighted by Crippen LogP contribution is -2.36. The second-order valence-corrected chi connectivity index (χ2v) is 2.13. The first kappa shape index (κ1) is 9.84. The van der Waals surface area contributed by atoms with Gasteiger partial charge in [-0.3, -0.25) is 0 Å². The zero-order valence-corrected chi connectivity index (χ0v) is 6.08. The largest absolute Gasteiger partial charge is 0.395 e.